The third-order valence-corrected chi connectivity index (χ3v) is 3.01. The Balaban J connectivity index is 2.07. The Morgan fingerprint density at radius 2 is 2.00 bits per heavy atom. The third kappa shape index (κ3) is 4.03. The van der Waals surface area contributed by atoms with Crippen molar-refractivity contribution in [3.05, 3.63) is 70.6 Å². The number of hydrogen-bond donors (Lipinski definition) is 1. The number of carbonyl (C=O) groups excluding carboxylic acids is 1. The number of aromatic nitrogens is 1. The van der Waals surface area contributed by atoms with Crippen LogP contribution < -0.4 is 5.32 Å². The van der Waals surface area contributed by atoms with E-state index in [2.05, 4.69) is 26.2 Å². The standard InChI is InChI=1S/C15H13BrN2O/c1-11(18-14-6-4-13(16)5-7-14)9-15(19)12-3-2-8-17-10-12/h2-10,18H,1H3/b11-9+. The highest BCUT2D eigenvalue weighted by atomic mass is 79.9. The Kier molecular flexibility index (Phi) is 4.47. The largest absolute Gasteiger partial charge is 0.359 e. The highest BCUT2D eigenvalue weighted by molar-refractivity contribution is 9.10. The Morgan fingerprint density at radius 3 is 2.63 bits per heavy atom. The molecule has 19 heavy (non-hydrogen) atoms. The van der Waals surface area contributed by atoms with Crippen LogP contribution in [0.4, 0.5) is 5.69 Å². The van der Waals surface area contributed by atoms with E-state index >= 15 is 0 Å². The fraction of sp³-hybridized carbons (Fsp3) is 0.0667. The van der Waals surface area contributed by atoms with Crippen molar-refractivity contribution in [3.63, 3.8) is 0 Å². The summed E-state index contributed by atoms with van der Waals surface area (Å²) in [5.41, 5.74) is 2.31. The van der Waals surface area contributed by atoms with Gasteiger partial charge >= 0.3 is 0 Å². The van der Waals surface area contributed by atoms with E-state index in [0.29, 0.717) is 5.56 Å². The predicted octanol–water partition coefficient (Wildman–Crippen LogP) is 4.04. The first-order valence-electron chi connectivity index (χ1n) is 5.80. The van der Waals surface area contributed by atoms with Crippen LogP contribution in [0.15, 0.2) is 65.0 Å². The van der Waals surface area contributed by atoms with Crippen molar-refractivity contribution in [3.8, 4) is 0 Å². The second kappa shape index (κ2) is 6.29. The Labute approximate surface area is 120 Å². The minimum atomic E-state index is -0.0600. The van der Waals surface area contributed by atoms with Gasteiger partial charge in [-0.25, -0.2) is 0 Å². The van der Waals surface area contributed by atoms with Gasteiger partial charge in [0.15, 0.2) is 5.78 Å². The van der Waals surface area contributed by atoms with Gasteiger partial charge in [0.1, 0.15) is 0 Å². The molecule has 1 N–H and O–H groups in total. The van der Waals surface area contributed by atoms with E-state index in [0.717, 1.165) is 15.9 Å². The van der Waals surface area contributed by atoms with Gasteiger partial charge in [0.25, 0.3) is 0 Å². The molecule has 0 saturated heterocycles. The molecule has 0 saturated carbocycles. The molecule has 0 aliphatic rings. The van der Waals surface area contributed by atoms with Crippen molar-refractivity contribution in [1.82, 2.24) is 4.98 Å². The van der Waals surface area contributed by atoms with E-state index in [4.69, 9.17) is 0 Å². The van der Waals surface area contributed by atoms with Crippen molar-refractivity contribution < 1.29 is 4.79 Å². The van der Waals surface area contributed by atoms with Gasteiger partial charge in [0.05, 0.1) is 0 Å². The van der Waals surface area contributed by atoms with E-state index in [9.17, 15) is 4.79 Å². The molecule has 0 spiro atoms. The first-order chi connectivity index (χ1) is 9.15. The van der Waals surface area contributed by atoms with Crippen LogP contribution in [0.2, 0.25) is 0 Å². The number of allylic oxidation sites excluding steroid dienone is 2. The summed E-state index contributed by atoms with van der Waals surface area (Å²) in [6.07, 6.45) is 4.78. The molecule has 0 aliphatic carbocycles. The van der Waals surface area contributed by atoms with Gasteiger partial charge in [-0.2, -0.15) is 0 Å². The fourth-order valence-electron chi connectivity index (χ4n) is 1.59. The van der Waals surface area contributed by atoms with Gasteiger partial charge in [0.2, 0.25) is 0 Å². The van der Waals surface area contributed by atoms with Crippen molar-refractivity contribution in [2.75, 3.05) is 5.32 Å². The quantitative estimate of drug-likeness (QED) is 0.683. The van der Waals surface area contributed by atoms with Crippen molar-refractivity contribution >= 4 is 27.4 Å². The molecule has 4 heteroatoms. The van der Waals surface area contributed by atoms with Crippen LogP contribution >= 0.6 is 15.9 Å². The van der Waals surface area contributed by atoms with Gasteiger partial charge in [-0.05, 0) is 43.3 Å². The van der Waals surface area contributed by atoms with Gasteiger partial charge in [-0.15, -0.1) is 0 Å². The summed E-state index contributed by atoms with van der Waals surface area (Å²) in [5.74, 6) is -0.0600. The minimum absolute atomic E-state index is 0.0600. The average molecular weight is 317 g/mol. The molecule has 0 radical (unpaired) electrons. The molecule has 0 bridgehead atoms. The lowest BCUT2D eigenvalue weighted by atomic mass is 10.1. The van der Waals surface area contributed by atoms with Gasteiger partial charge in [-0.1, -0.05) is 15.9 Å². The first-order valence-corrected chi connectivity index (χ1v) is 6.60. The second-order valence-electron chi connectivity index (χ2n) is 4.07. The van der Waals surface area contributed by atoms with Crippen LogP contribution in [0, 0.1) is 0 Å². The van der Waals surface area contributed by atoms with E-state index in [1.165, 1.54) is 0 Å². The SMILES string of the molecule is C/C(=C\C(=O)c1cccnc1)Nc1ccc(Br)cc1. The van der Waals surface area contributed by atoms with Crippen molar-refractivity contribution in [1.29, 1.82) is 0 Å². The average Bonchev–Trinajstić information content (AvgIpc) is 2.42. The summed E-state index contributed by atoms with van der Waals surface area (Å²) in [5, 5.41) is 3.17. The van der Waals surface area contributed by atoms with Crippen LogP contribution in [-0.2, 0) is 0 Å². The van der Waals surface area contributed by atoms with Crippen LogP contribution in [0.3, 0.4) is 0 Å². The smallest absolute Gasteiger partial charge is 0.189 e. The van der Waals surface area contributed by atoms with Crippen LogP contribution in [0.1, 0.15) is 17.3 Å². The summed E-state index contributed by atoms with van der Waals surface area (Å²) >= 11 is 3.38. The lowest BCUT2D eigenvalue weighted by Gasteiger charge is -2.06. The summed E-state index contributed by atoms with van der Waals surface area (Å²) in [7, 11) is 0. The molecule has 1 aromatic carbocycles. The summed E-state index contributed by atoms with van der Waals surface area (Å²) in [6, 6.07) is 11.3. The molecule has 0 amide bonds. The Bertz CT molecular complexity index is 591. The summed E-state index contributed by atoms with van der Waals surface area (Å²) in [6.45, 7) is 1.86. The zero-order chi connectivity index (χ0) is 13.7. The Morgan fingerprint density at radius 1 is 1.26 bits per heavy atom. The number of benzene rings is 1. The summed E-state index contributed by atoms with van der Waals surface area (Å²) < 4.78 is 1.02. The maximum atomic E-state index is 11.9. The van der Waals surface area contributed by atoms with E-state index in [1.54, 1.807) is 30.6 Å². The molecule has 3 nitrogen and oxygen atoms in total. The lowest BCUT2D eigenvalue weighted by molar-refractivity contribution is 0.104. The van der Waals surface area contributed by atoms with Crippen molar-refractivity contribution in [2.45, 2.75) is 6.92 Å². The van der Waals surface area contributed by atoms with Crippen LogP contribution in [-0.4, -0.2) is 10.8 Å². The van der Waals surface area contributed by atoms with Crippen LogP contribution in [0.5, 0.6) is 0 Å². The number of hydrogen-bond acceptors (Lipinski definition) is 3. The van der Waals surface area contributed by atoms with Crippen molar-refractivity contribution in [2.24, 2.45) is 0 Å². The number of halogens is 1. The Hall–Kier alpha value is -1.94. The summed E-state index contributed by atoms with van der Waals surface area (Å²) in [4.78, 5) is 15.9. The number of ketones is 1. The van der Waals surface area contributed by atoms with Gasteiger partial charge < -0.3 is 5.32 Å². The molecule has 96 valence electrons. The zero-order valence-electron chi connectivity index (χ0n) is 10.4. The molecule has 0 fully saturated rings. The topological polar surface area (TPSA) is 42.0 Å². The number of rotatable bonds is 4. The van der Waals surface area contributed by atoms with Crippen LogP contribution in [0.25, 0.3) is 0 Å². The number of pyridine rings is 1. The maximum absolute atomic E-state index is 11.9. The number of nitrogens with one attached hydrogen (secondary N) is 1. The molecule has 0 aliphatic heterocycles. The maximum Gasteiger partial charge on any atom is 0.189 e. The molecular weight excluding hydrogens is 304 g/mol. The molecule has 1 heterocycles. The highest BCUT2D eigenvalue weighted by Gasteiger charge is 2.02. The van der Waals surface area contributed by atoms with Gasteiger partial charge in [-0.3, -0.25) is 9.78 Å². The van der Waals surface area contributed by atoms with E-state index in [1.807, 2.05) is 31.2 Å². The minimum Gasteiger partial charge on any atom is -0.359 e. The first kappa shape index (κ1) is 13.5. The van der Waals surface area contributed by atoms with E-state index < -0.39 is 0 Å². The second-order valence-corrected chi connectivity index (χ2v) is 4.98. The van der Waals surface area contributed by atoms with Gasteiger partial charge in [0, 0.05) is 39.9 Å². The molecule has 1 aromatic heterocycles. The third-order valence-electron chi connectivity index (χ3n) is 2.48. The number of nitrogens with zero attached hydrogens (tertiary/aromatic N) is 1. The number of carbonyl (C=O) groups is 1. The highest BCUT2D eigenvalue weighted by Crippen LogP contribution is 2.15. The normalized spacial score (nSPS) is 11.2. The predicted molar refractivity (Wildman–Crippen MR) is 80.1 cm³/mol. The molecular formula is C15H13BrN2O. The number of anilines is 1. The zero-order valence-corrected chi connectivity index (χ0v) is 12.0. The molecule has 0 unspecified atom stereocenters. The molecule has 0 atom stereocenters. The molecule has 2 rings (SSSR count). The monoisotopic (exact) mass is 316 g/mol. The lowest BCUT2D eigenvalue weighted by Crippen LogP contribution is -2.01. The fourth-order valence-corrected chi connectivity index (χ4v) is 1.85. The molecule has 2 aromatic rings. The van der Waals surface area contributed by atoms with E-state index in [-0.39, 0.29) is 5.78 Å².